The van der Waals surface area contributed by atoms with Gasteiger partial charge in [0.1, 0.15) is 7.11 Å². The van der Waals surface area contributed by atoms with Gasteiger partial charge in [-0.2, -0.15) is 0 Å². The quantitative estimate of drug-likeness (QED) is 0.762. The van der Waals surface area contributed by atoms with Gasteiger partial charge in [0.15, 0.2) is 11.9 Å². The zero-order valence-electron chi connectivity index (χ0n) is 10.7. The molecule has 5 heteroatoms. The smallest absolute Gasteiger partial charge is 0.278 e. The van der Waals surface area contributed by atoms with Crippen LogP contribution in [0, 0.1) is 0 Å². The topological polar surface area (TPSA) is 51.1 Å². The van der Waals surface area contributed by atoms with E-state index in [9.17, 15) is 4.79 Å². The Balaban J connectivity index is 2.55. The summed E-state index contributed by atoms with van der Waals surface area (Å²) in [5.74, 6) is -0.200. The van der Waals surface area contributed by atoms with E-state index in [1.54, 1.807) is 7.05 Å². The summed E-state index contributed by atoms with van der Waals surface area (Å²) < 4.78 is 5.63. The largest absolute Gasteiger partial charge is 0.398 e. The fourth-order valence-corrected chi connectivity index (χ4v) is 2.06. The molecule has 1 aromatic rings. The highest BCUT2D eigenvalue weighted by Gasteiger charge is 2.35. The molecule has 18 heavy (non-hydrogen) atoms. The van der Waals surface area contributed by atoms with Crippen LogP contribution < -0.4 is 0 Å². The van der Waals surface area contributed by atoms with Gasteiger partial charge in [-0.3, -0.25) is 4.79 Å². The van der Waals surface area contributed by atoms with Crippen LogP contribution in [-0.2, 0) is 14.4 Å². The van der Waals surface area contributed by atoms with Crippen LogP contribution in [0.3, 0.4) is 0 Å². The average molecular weight is 248 g/mol. The van der Waals surface area contributed by atoms with Gasteiger partial charge >= 0.3 is 0 Å². The molecule has 0 N–H and O–H groups in total. The second-order valence-electron chi connectivity index (χ2n) is 3.93. The Morgan fingerprint density at radius 1 is 1.39 bits per heavy atom. The molecule has 1 aliphatic heterocycles. The Hall–Kier alpha value is -1.88. The zero-order chi connectivity index (χ0) is 13.1. The first-order chi connectivity index (χ1) is 8.70. The lowest BCUT2D eigenvalue weighted by Gasteiger charge is -2.34. The number of ether oxygens (including phenoxy) is 1. The fourth-order valence-electron chi connectivity index (χ4n) is 2.06. The Bertz CT molecular complexity index is 485. The number of hydrogen-bond donors (Lipinski definition) is 0. The number of likely N-dealkylation sites (N-methyl/N-ethyl adjacent to an activating group) is 1. The minimum absolute atomic E-state index is 0.200. The molecular weight excluding hydrogens is 232 g/mol. The van der Waals surface area contributed by atoms with Crippen molar-refractivity contribution >= 4 is 11.6 Å². The van der Waals surface area contributed by atoms with Crippen molar-refractivity contribution in [3.8, 4) is 0 Å². The lowest BCUT2D eigenvalue weighted by atomic mass is 9.96. The summed E-state index contributed by atoms with van der Waals surface area (Å²) in [7, 11) is 3.13. The number of oxime groups is 1. The van der Waals surface area contributed by atoms with Crippen LogP contribution in [0.25, 0.3) is 0 Å². The van der Waals surface area contributed by atoms with Gasteiger partial charge in [-0.1, -0.05) is 29.4 Å². The summed E-state index contributed by atoms with van der Waals surface area (Å²) >= 11 is 0. The third-order valence-corrected chi connectivity index (χ3v) is 2.86. The summed E-state index contributed by atoms with van der Waals surface area (Å²) in [6.45, 7) is 2.44. The normalized spacial score (nSPS) is 21.1. The fraction of sp³-hybridized carbons (Fsp3) is 0.385. The van der Waals surface area contributed by atoms with Gasteiger partial charge in [-0.05, 0) is 6.92 Å². The number of hydrogen-bond acceptors (Lipinski definition) is 4. The average Bonchev–Trinajstić information content (AvgIpc) is 2.40. The number of carbonyl (C=O) groups excluding carboxylic acids is 1. The molecule has 0 spiro atoms. The lowest BCUT2D eigenvalue weighted by Crippen LogP contribution is -2.43. The van der Waals surface area contributed by atoms with Crippen LogP contribution in [0.15, 0.2) is 29.4 Å². The molecule has 0 radical (unpaired) electrons. The van der Waals surface area contributed by atoms with Crippen molar-refractivity contribution in [3.63, 3.8) is 0 Å². The van der Waals surface area contributed by atoms with E-state index in [0.717, 1.165) is 11.1 Å². The maximum atomic E-state index is 12.2. The van der Waals surface area contributed by atoms with E-state index >= 15 is 0 Å². The first kappa shape index (κ1) is 12.6. The van der Waals surface area contributed by atoms with E-state index in [1.807, 2.05) is 31.2 Å². The second kappa shape index (κ2) is 5.18. The molecule has 5 nitrogen and oxygen atoms in total. The van der Waals surface area contributed by atoms with Crippen LogP contribution >= 0.6 is 0 Å². The number of nitrogens with zero attached hydrogens (tertiary/aromatic N) is 2. The van der Waals surface area contributed by atoms with Crippen LogP contribution in [0.5, 0.6) is 0 Å². The van der Waals surface area contributed by atoms with E-state index in [4.69, 9.17) is 9.57 Å². The molecule has 2 rings (SSSR count). The van der Waals surface area contributed by atoms with Gasteiger partial charge in [0, 0.05) is 24.8 Å². The summed E-state index contributed by atoms with van der Waals surface area (Å²) in [6, 6.07) is 7.57. The molecular formula is C13H16N2O3. The number of benzene rings is 1. The van der Waals surface area contributed by atoms with Crippen LogP contribution in [0.1, 0.15) is 24.3 Å². The van der Waals surface area contributed by atoms with Gasteiger partial charge in [-0.25, -0.2) is 0 Å². The first-order valence-electron chi connectivity index (χ1n) is 5.80. The lowest BCUT2D eigenvalue weighted by molar-refractivity contribution is -0.137. The minimum atomic E-state index is -0.366. The van der Waals surface area contributed by atoms with E-state index in [0.29, 0.717) is 12.3 Å². The molecule has 0 saturated heterocycles. The molecule has 0 bridgehead atoms. The van der Waals surface area contributed by atoms with Gasteiger partial charge in [0.2, 0.25) is 0 Å². The predicted octanol–water partition coefficient (Wildman–Crippen LogP) is 1.54. The van der Waals surface area contributed by atoms with Gasteiger partial charge in [0.25, 0.3) is 5.91 Å². The standard InChI is InChI=1S/C13H16N2O3/c1-4-18-13-10-8-6-5-7-9(10)11(14-17-3)12(16)15(13)2/h5-8,13H,4H2,1-3H3. The number of fused-ring (bicyclic) bond motifs is 1. The highest BCUT2D eigenvalue weighted by Crippen LogP contribution is 2.30. The first-order valence-corrected chi connectivity index (χ1v) is 5.80. The van der Waals surface area contributed by atoms with Crippen molar-refractivity contribution in [1.82, 2.24) is 4.90 Å². The maximum Gasteiger partial charge on any atom is 0.278 e. The Kier molecular flexibility index (Phi) is 3.62. The molecule has 1 aromatic carbocycles. The minimum Gasteiger partial charge on any atom is -0.398 e. The number of carbonyl (C=O) groups is 1. The van der Waals surface area contributed by atoms with Crippen LogP contribution in [0.2, 0.25) is 0 Å². The van der Waals surface area contributed by atoms with E-state index in [2.05, 4.69) is 5.16 Å². The van der Waals surface area contributed by atoms with Gasteiger partial charge in [-0.15, -0.1) is 0 Å². The summed E-state index contributed by atoms with van der Waals surface area (Å²) in [5.41, 5.74) is 2.00. The van der Waals surface area contributed by atoms with Crippen molar-refractivity contribution in [2.75, 3.05) is 20.8 Å². The molecule has 0 aromatic heterocycles. The Labute approximate surface area is 106 Å². The molecule has 0 saturated carbocycles. The van der Waals surface area contributed by atoms with Crippen molar-refractivity contribution < 1.29 is 14.4 Å². The third kappa shape index (κ3) is 1.97. The van der Waals surface area contributed by atoms with Crippen molar-refractivity contribution in [3.05, 3.63) is 35.4 Å². The second-order valence-corrected chi connectivity index (χ2v) is 3.93. The summed E-state index contributed by atoms with van der Waals surface area (Å²) in [4.78, 5) is 18.5. The molecule has 1 aliphatic rings. The Morgan fingerprint density at radius 2 is 2.11 bits per heavy atom. The molecule has 96 valence electrons. The molecule has 1 atom stereocenters. The molecule has 1 unspecified atom stereocenters. The van der Waals surface area contributed by atoms with Crippen LogP contribution in [0.4, 0.5) is 0 Å². The number of amides is 1. The zero-order valence-corrected chi connectivity index (χ0v) is 10.7. The van der Waals surface area contributed by atoms with Gasteiger partial charge in [0.05, 0.1) is 0 Å². The third-order valence-electron chi connectivity index (χ3n) is 2.86. The van der Waals surface area contributed by atoms with Gasteiger partial charge < -0.3 is 14.5 Å². The maximum absolute atomic E-state index is 12.2. The van der Waals surface area contributed by atoms with E-state index in [1.165, 1.54) is 12.0 Å². The SMILES string of the molecule is CCOC1c2ccccc2C(=NOC)C(=O)N1C. The molecule has 1 amide bonds. The predicted molar refractivity (Wildman–Crippen MR) is 67.1 cm³/mol. The van der Waals surface area contributed by atoms with E-state index in [-0.39, 0.29) is 12.1 Å². The summed E-state index contributed by atoms with van der Waals surface area (Å²) in [5, 5.41) is 3.82. The van der Waals surface area contributed by atoms with Crippen molar-refractivity contribution in [1.29, 1.82) is 0 Å². The summed E-state index contributed by atoms with van der Waals surface area (Å²) in [6.07, 6.45) is -0.366. The van der Waals surface area contributed by atoms with Crippen LogP contribution in [-0.4, -0.2) is 37.3 Å². The highest BCUT2D eigenvalue weighted by molar-refractivity contribution is 6.46. The monoisotopic (exact) mass is 248 g/mol. The van der Waals surface area contributed by atoms with Crippen molar-refractivity contribution in [2.24, 2.45) is 5.16 Å². The van der Waals surface area contributed by atoms with E-state index < -0.39 is 0 Å². The Morgan fingerprint density at radius 3 is 2.78 bits per heavy atom. The number of rotatable bonds is 3. The molecule has 0 fully saturated rings. The molecule has 1 heterocycles. The molecule has 0 aliphatic carbocycles. The highest BCUT2D eigenvalue weighted by atomic mass is 16.6. The van der Waals surface area contributed by atoms with Crippen molar-refractivity contribution in [2.45, 2.75) is 13.2 Å².